The number of hydrogen-bond acceptors (Lipinski definition) is 3. The van der Waals surface area contributed by atoms with Crippen molar-refractivity contribution < 1.29 is 9.53 Å². The highest BCUT2D eigenvalue weighted by Crippen LogP contribution is 2.26. The van der Waals surface area contributed by atoms with Gasteiger partial charge >= 0.3 is 0 Å². The van der Waals surface area contributed by atoms with Crippen LogP contribution in [0, 0.1) is 6.92 Å². The van der Waals surface area contributed by atoms with Crippen molar-refractivity contribution in [3.8, 4) is 5.75 Å². The number of carbonyl (C=O) groups excluding carboxylic acids is 1. The molecule has 31 heavy (non-hydrogen) atoms. The van der Waals surface area contributed by atoms with Gasteiger partial charge in [0.1, 0.15) is 5.75 Å². The van der Waals surface area contributed by atoms with Gasteiger partial charge in [0.2, 0.25) is 5.91 Å². The van der Waals surface area contributed by atoms with Crippen molar-refractivity contribution in [1.29, 1.82) is 0 Å². The zero-order valence-electron chi connectivity index (χ0n) is 19.1. The summed E-state index contributed by atoms with van der Waals surface area (Å²) in [5.74, 6) is 1.79. The minimum absolute atomic E-state index is 0.0381. The fraction of sp³-hybridized carbons (Fsp3) is 0.440. The first kappa shape index (κ1) is 22.7. The lowest BCUT2D eigenvalue weighted by atomic mass is 9.99. The van der Waals surface area contributed by atoms with Crippen molar-refractivity contribution in [1.82, 2.24) is 15.5 Å². The number of aliphatic imine (C=N–C) groups is 1. The summed E-state index contributed by atoms with van der Waals surface area (Å²) in [6, 6.07) is 14.6. The Balaban J connectivity index is 1.44. The highest BCUT2D eigenvalue weighted by atomic mass is 16.5. The second-order valence-corrected chi connectivity index (χ2v) is 8.05. The van der Waals surface area contributed by atoms with Gasteiger partial charge in [-0.05, 0) is 43.9 Å². The monoisotopic (exact) mass is 422 g/mol. The van der Waals surface area contributed by atoms with Crippen molar-refractivity contribution in [2.24, 2.45) is 4.99 Å². The van der Waals surface area contributed by atoms with Crippen molar-refractivity contribution in [3.63, 3.8) is 0 Å². The average Bonchev–Trinajstić information content (AvgIpc) is 2.80. The van der Waals surface area contributed by atoms with Gasteiger partial charge in [0.15, 0.2) is 5.96 Å². The number of methoxy groups -OCH3 is 1. The van der Waals surface area contributed by atoms with Gasteiger partial charge in [0, 0.05) is 38.7 Å². The Labute approximate surface area is 185 Å². The van der Waals surface area contributed by atoms with Gasteiger partial charge in [0.25, 0.3) is 0 Å². The van der Waals surface area contributed by atoms with Gasteiger partial charge in [-0.1, -0.05) is 42.0 Å². The number of carbonyl (C=O) groups is 1. The second-order valence-electron chi connectivity index (χ2n) is 8.05. The van der Waals surface area contributed by atoms with Gasteiger partial charge in [0.05, 0.1) is 13.2 Å². The van der Waals surface area contributed by atoms with Crippen molar-refractivity contribution >= 4 is 11.9 Å². The first-order valence-electron chi connectivity index (χ1n) is 11.0. The van der Waals surface area contributed by atoms with Crippen LogP contribution in [0.2, 0.25) is 0 Å². The molecule has 6 nitrogen and oxygen atoms in total. The molecular weight excluding hydrogens is 388 g/mol. The van der Waals surface area contributed by atoms with Crippen molar-refractivity contribution in [2.75, 3.05) is 27.2 Å². The number of amides is 1. The number of benzene rings is 2. The van der Waals surface area contributed by atoms with Crippen LogP contribution < -0.4 is 15.4 Å². The number of ether oxygens (including phenoxy) is 1. The Morgan fingerprint density at radius 2 is 2.00 bits per heavy atom. The highest BCUT2D eigenvalue weighted by molar-refractivity contribution is 5.80. The summed E-state index contributed by atoms with van der Waals surface area (Å²) in [7, 11) is 3.44. The normalized spacial score (nSPS) is 14.6. The molecule has 0 spiro atoms. The number of nitrogens with one attached hydrogen (secondary N) is 2. The van der Waals surface area contributed by atoms with Crippen molar-refractivity contribution in [2.45, 2.75) is 45.7 Å². The Morgan fingerprint density at radius 3 is 2.74 bits per heavy atom. The van der Waals surface area contributed by atoms with Crippen LogP contribution in [0.15, 0.2) is 47.5 Å². The van der Waals surface area contributed by atoms with Crippen LogP contribution in [-0.4, -0.2) is 44.0 Å². The van der Waals surface area contributed by atoms with Crippen molar-refractivity contribution in [3.05, 3.63) is 64.7 Å². The molecule has 2 N–H and O–H groups in total. The Morgan fingerprint density at radius 1 is 1.23 bits per heavy atom. The number of nitrogens with zero attached hydrogens (tertiary/aromatic N) is 2. The topological polar surface area (TPSA) is 66.0 Å². The average molecular weight is 423 g/mol. The molecule has 0 radical (unpaired) electrons. The first-order valence-corrected chi connectivity index (χ1v) is 11.0. The van der Waals surface area contributed by atoms with Crippen LogP contribution in [0.25, 0.3) is 0 Å². The fourth-order valence-electron chi connectivity index (χ4n) is 3.98. The smallest absolute Gasteiger partial charge is 0.222 e. The van der Waals surface area contributed by atoms with Gasteiger partial charge in [-0.3, -0.25) is 9.79 Å². The molecule has 1 amide bonds. The maximum Gasteiger partial charge on any atom is 0.222 e. The summed E-state index contributed by atoms with van der Waals surface area (Å²) in [6.45, 7) is 6.37. The van der Waals surface area contributed by atoms with Crippen LogP contribution in [-0.2, 0) is 17.8 Å². The Kier molecular flexibility index (Phi) is 7.93. The van der Waals surface area contributed by atoms with Gasteiger partial charge in [-0.2, -0.15) is 0 Å². The molecule has 0 fully saturated rings. The van der Waals surface area contributed by atoms with Crippen LogP contribution in [0.4, 0.5) is 0 Å². The predicted molar refractivity (Wildman–Crippen MR) is 125 cm³/mol. The van der Waals surface area contributed by atoms with Gasteiger partial charge in [-0.25, -0.2) is 0 Å². The van der Waals surface area contributed by atoms with Crippen LogP contribution in [0.3, 0.4) is 0 Å². The van der Waals surface area contributed by atoms with E-state index < -0.39 is 0 Å². The van der Waals surface area contributed by atoms with Gasteiger partial charge < -0.3 is 20.3 Å². The molecule has 0 bridgehead atoms. The number of hydrogen-bond donors (Lipinski definition) is 2. The quantitative estimate of drug-likeness (QED) is 0.407. The van der Waals surface area contributed by atoms with E-state index in [4.69, 9.17) is 4.74 Å². The van der Waals surface area contributed by atoms with E-state index in [2.05, 4.69) is 53.7 Å². The Bertz CT molecular complexity index is 925. The number of guanidine groups is 1. The van der Waals surface area contributed by atoms with Gasteiger partial charge in [-0.15, -0.1) is 0 Å². The maximum absolute atomic E-state index is 12.6. The molecule has 0 aliphatic carbocycles. The van der Waals surface area contributed by atoms with E-state index in [1.807, 2.05) is 23.1 Å². The number of fused-ring (bicyclic) bond motifs is 1. The summed E-state index contributed by atoms with van der Waals surface area (Å²) in [5.41, 5.74) is 4.91. The number of rotatable bonds is 7. The predicted octanol–water partition coefficient (Wildman–Crippen LogP) is 3.59. The minimum Gasteiger partial charge on any atom is -0.496 e. The molecule has 1 atom stereocenters. The van der Waals surface area contributed by atoms with E-state index in [0.717, 1.165) is 43.2 Å². The van der Waals surface area contributed by atoms with E-state index in [1.54, 1.807) is 14.2 Å². The second kappa shape index (κ2) is 10.8. The van der Waals surface area contributed by atoms with E-state index in [1.165, 1.54) is 16.7 Å². The zero-order valence-corrected chi connectivity index (χ0v) is 19.1. The third-order valence-electron chi connectivity index (χ3n) is 5.77. The lowest BCUT2D eigenvalue weighted by molar-refractivity contribution is -0.132. The van der Waals surface area contributed by atoms with Crippen LogP contribution in [0.1, 0.15) is 48.1 Å². The SMILES string of the molecule is CN=C(NCCCC(=O)N1CCc2ccccc2C1)NC(C)c1cc(C)ccc1OC. The molecule has 0 saturated carbocycles. The molecule has 2 aromatic carbocycles. The summed E-state index contributed by atoms with van der Waals surface area (Å²) < 4.78 is 5.50. The fourth-order valence-corrected chi connectivity index (χ4v) is 3.98. The molecule has 2 aromatic rings. The van der Waals surface area contributed by atoms with E-state index in [-0.39, 0.29) is 11.9 Å². The van der Waals surface area contributed by atoms with E-state index >= 15 is 0 Å². The van der Waals surface area contributed by atoms with Crippen LogP contribution >= 0.6 is 0 Å². The molecule has 1 aliphatic rings. The summed E-state index contributed by atoms with van der Waals surface area (Å²) >= 11 is 0. The molecule has 0 saturated heterocycles. The molecule has 1 aliphatic heterocycles. The summed E-state index contributed by atoms with van der Waals surface area (Å²) in [6.07, 6.45) is 2.24. The lowest BCUT2D eigenvalue weighted by Crippen LogP contribution is -2.40. The molecule has 1 heterocycles. The third-order valence-corrected chi connectivity index (χ3v) is 5.77. The van der Waals surface area contributed by atoms with E-state index in [9.17, 15) is 4.79 Å². The first-order chi connectivity index (χ1) is 15.0. The molecule has 1 unspecified atom stereocenters. The highest BCUT2D eigenvalue weighted by Gasteiger charge is 2.20. The molecule has 3 rings (SSSR count). The lowest BCUT2D eigenvalue weighted by Gasteiger charge is -2.29. The van der Waals surface area contributed by atoms with E-state index in [0.29, 0.717) is 13.0 Å². The molecule has 0 aromatic heterocycles. The summed E-state index contributed by atoms with van der Waals surface area (Å²) in [5, 5.41) is 6.73. The van der Waals surface area contributed by atoms with Crippen LogP contribution in [0.5, 0.6) is 5.75 Å². The molecule has 6 heteroatoms. The summed E-state index contributed by atoms with van der Waals surface area (Å²) in [4.78, 5) is 18.9. The maximum atomic E-state index is 12.6. The minimum atomic E-state index is 0.0381. The Hall–Kier alpha value is -3.02. The zero-order chi connectivity index (χ0) is 22.2. The number of aryl methyl sites for hydroxylation is 1. The third kappa shape index (κ3) is 6.00. The largest absolute Gasteiger partial charge is 0.496 e. The standard InChI is InChI=1S/C25H34N4O2/c1-18-11-12-23(31-4)22(16-18)19(2)28-25(26-3)27-14-7-10-24(30)29-15-13-20-8-5-6-9-21(20)17-29/h5-6,8-9,11-12,16,19H,7,10,13-15,17H2,1-4H3,(H2,26,27,28). The molecular formula is C25H34N4O2. The molecule has 166 valence electrons.